The summed E-state index contributed by atoms with van der Waals surface area (Å²) in [6.07, 6.45) is 6.66. The number of carbonyl (C=O) groups is 1. The molecule has 3 rings (SSSR count). The molecule has 1 amide bonds. The van der Waals surface area contributed by atoms with Crippen LogP contribution < -0.4 is 4.74 Å². The Morgan fingerprint density at radius 2 is 2.04 bits per heavy atom. The molecule has 0 bridgehead atoms. The summed E-state index contributed by atoms with van der Waals surface area (Å²) < 4.78 is 5.23. The summed E-state index contributed by atoms with van der Waals surface area (Å²) in [5, 5.41) is 0. The average molecular weight is 310 g/mol. The van der Waals surface area contributed by atoms with Crippen molar-refractivity contribution in [3.8, 4) is 5.75 Å². The Morgan fingerprint density at radius 1 is 1.22 bits per heavy atom. The van der Waals surface area contributed by atoms with Crippen LogP contribution in [0.4, 0.5) is 0 Å². The highest BCUT2D eigenvalue weighted by atomic mass is 16.5. The van der Waals surface area contributed by atoms with Gasteiger partial charge in [-0.15, -0.1) is 0 Å². The fraction of sp³-hybridized carbons (Fsp3) is 0.368. The van der Waals surface area contributed by atoms with Gasteiger partial charge in [0.1, 0.15) is 5.75 Å². The second-order valence-electron chi connectivity index (χ2n) is 5.96. The van der Waals surface area contributed by atoms with E-state index in [0.29, 0.717) is 11.5 Å². The van der Waals surface area contributed by atoms with E-state index in [1.54, 1.807) is 19.5 Å². The highest BCUT2D eigenvalue weighted by molar-refractivity contribution is 5.93. The number of rotatable bonds is 3. The molecule has 4 heteroatoms. The van der Waals surface area contributed by atoms with Crippen LogP contribution in [0.1, 0.15) is 41.1 Å². The lowest BCUT2D eigenvalue weighted by atomic mass is 9.94. The molecule has 0 N–H and O–H groups in total. The summed E-state index contributed by atoms with van der Waals surface area (Å²) in [5.74, 6) is 1.33. The van der Waals surface area contributed by atoms with Crippen molar-refractivity contribution < 1.29 is 9.53 Å². The fourth-order valence-corrected chi connectivity index (χ4v) is 3.15. The second-order valence-corrected chi connectivity index (χ2v) is 5.96. The Labute approximate surface area is 137 Å². The SMILES string of the molecule is COc1ccc(C2CCCCN(C(=O)c3cccnc3)C2)cc1. The Balaban J connectivity index is 1.76. The predicted octanol–water partition coefficient (Wildman–Crippen LogP) is 3.50. The molecule has 1 saturated heterocycles. The number of likely N-dealkylation sites (tertiary alicyclic amines) is 1. The summed E-state index contributed by atoms with van der Waals surface area (Å²) in [6.45, 7) is 1.58. The largest absolute Gasteiger partial charge is 0.497 e. The van der Waals surface area contributed by atoms with E-state index in [4.69, 9.17) is 4.74 Å². The van der Waals surface area contributed by atoms with Crippen LogP contribution >= 0.6 is 0 Å². The van der Waals surface area contributed by atoms with Crippen molar-refractivity contribution in [3.63, 3.8) is 0 Å². The van der Waals surface area contributed by atoms with Gasteiger partial charge in [-0.1, -0.05) is 18.6 Å². The molecule has 0 aliphatic carbocycles. The Kier molecular flexibility index (Phi) is 4.91. The van der Waals surface area contributed by atoms with Crippen LogP contribution in [0.25, 0.3) is 0 Å². The summed E-state index contributed by atoms with van der Waals surface area (Å²) in [4.78, 5) is 18.7. The fourth-order valence-electron chi connectivity index (χ4n) is 3.15. The number of hydrogen-bond acceptors (Lipinski definition) is 3. The third kappa shape index (κ3) is 3.70. The van der Waals surface area contributed by atoms with Crippen molar-refractivity contribution in [1.82, 2.24) is 9.88 Å². The first-order valence-electron chi connectivity index (χ1n) is 8.11. The quantitative estimate of drug-likeness (QED) is 0.871. The van der Waals surface area contributed by atoms with E-state index in [-0.39, 0.29) is 5.91 Å². The molecule has 1 fully saturated rings. The van der Waals surface area contributed by atoms with Crippen molar-refractivity contribution in [1.29, 1.82) is 0 Å². The summed E-state index contributed by atoms with van der Waals surface area (Å²) in [7, 11) is 1.68. The number of hydrogen-bond donors (Lipinski definition) is 0. The van der Waals surface area contributed by atoms with Crippen molar-refractivity contribution in [2.24, 2.45) is 0 Å². The molecule has 0 spiro atoms. The van der Waals surface area contributed by atoms with Gasteiger partial charge in [0.15, 0.2) is 0 Å². The Morgan fingerprint density at radius 3 is 2.74 bits per heavy atom. The number of methoxy groups -OCH3 is 1. The molecule has 1 aliphatic heterocycles. The molecular weight excluding hydrogens is 288 g/mol. The highest BCUT2D eigenvalue weighted by Gasteiger charge is 2.24. The number of pyridine rings is 1. The lowest BCUT2D eigenvalue weighted by molar-refractivity contribution is 0.0754. The maximum Gasteiger partial charge on any atom is 0.255 e. The predicted molar refractivity (Wildman–Crippen MR) is 89.7 cm³/mol. The second kappa shape index (κ2) is 7.27. The zero-order valence-electron chi connectivity index (χ0n) is 13.4. The van der Waals surface area contributed by atoms with Gasteiger partial charge >= 0.3 is 0 Å². The molecule has 1 atom stereocenters. The number of amides is 1. The van der Waals surface area contributed by atoms with E-state index < -0.39 is 0 Å². The van der Waals surface area contributed by atoms with Crippen molar-refractivity contribution >= 4 is 5.91 Å². The minimum absolute atomic E-state index is 0.0820. The minimum Gasteiger partial charge on any atom is -0.497 e. The number of benzene rings is 1. The van der Waals surface area contributed by atoms with E-state index >= 15 is 0 Å². The zero-order chi connectivity index (χ0) is 16.1. The molecule has 1 aromatic carbocycles. The van der Waals surface area contributed by atoms with Crippen LogP contribution in [0, 0.1) is 0 Å². The average Bonchev–Trinajstić information content (AvgIpc) is 2.88. The minimum atomic E-state index is 0.0820. The van der Waals surface area contributed by atoms with Gasteiger partial charge in [-0.2, -0.15) is 0 Å². The van der Waals surface area contributed by atoms with Gasteiger partial charge in [-0.05, 0) is 42.7 Å². The first kappa shape index (κ1) is 15.5. The molecule has 0 saturated carbocycles. The van der Waals surface area contributed by atoms with Gasteiger partial charge in [0.25, 0.3) is 5.91 Å². The Hall–Kier alpha value is -2.36. The summed E-state index contributed by atoms with van der Waals surface area (Å²) in [6, 6.07) is 11.9. The van der Waals surface area contributed by atoms with Gasteiger partial charge in [-0.25, -0.2) is 0 Å². The maximum atomic E-state index is 12.7. The van der Waals surface area contributed by atoms with Gasteiger partial charge in [0, 0.05) is 31.4 Å². The van der Waals surface area contributed by atoms with Gasteiger partial charge in [-0.3, -0.25) is 9.78 Å². The number of aromatic nitrogens is 1. The molecule has 1 aliphatic rings. The van der Waals surface area contributed by atoms with Gasteiger partial charge in [0.2, 0.25) is 0 Å². The van der Waals surface area contributed by atoms with Crippen molar-refractivity contribution in [3.05, 3.63) is 59.9 Å². The topological polar surface area (TPSA) is 42.4 Å². The van der Waals surface area contributed by atoms with Gasteiger partial charge in [0.05, 0.1) is 12.7 Å². The highest BCUT2D eigenvalue weighted by Crippen LogP contribution is 2.28. The number of ether oxygens (including phenoxy) is 1. The lowest BCUT2D eigenvalue weighted by Gasteiger charge is -2.25. The molecule has 120 valence electrons. The van der Waals surface area contributed by atoms with E-state index in [1.807, 2.05) is 29.2 Å². The van der Waals surface area contributed by atoms with E-state index in [9.17, 15) is 4.79 Å². The lowest BCUT2D eigenvalue weighted by Crippen LogP contribution is -2.34. The first-order valence-corrected chi connectivity index (χ1v) is 8.11. The van der Waals surface area contributed by atoms with Crippen LogP contribution in [0.3, 0.4) is 0 Å². The van der Waals surface area contributed by atoms with Crippen molar-refractivity contribution in [2.75, 3.05) is 20.2 Å². The van der Waals surface area contributed by atoms with Crippen LogP contribution in [0.2, 0.25) is 0 Å². The van der Waals surface area contributed by atoms with E-state index in [2.05, 4.69) is 17.1 Å². The Bertz CT molecular complexity index is 640. The van der Waals surface area contributed by atoms with Crippen LogP contribution in [-0.4, -0.2) is 36.0 Å². The first-order chi connectivity index (χ1) is 11.3. The molecule has 1 unspecified atom stereocenters. The number of nitrogens with zero attached hydrogens (tertiary/aromatic N) is 2. The molecule has 2 heterocycles. The third-order valence-corrected chi connectivity index (χ3v) is 4.45. The van der Waals surface area contributed by atoms with E-state index in [0.717, 1.165) is 38.1 Å². The summed E-state index contributed by atoms with van der Waals surface area (Å²) in [5.41, 5.74) is 1.94. The maximum absolute atomic E-state index is 12.7. The monoisotopic (exact) mass is 310 g/mol. The number of carbonyl (C=O) groups excluding carboxylic acids is 1. The molecule has 1 aromatic heterocycles. The summed E-state index contributed by atoms with van der Waals surface area (Å²) >= 11 is 0. The molecular formula is C19H22N2O2. The van der Waals surface area contributed by atoms with Crippen molar-refractivity contribution in [2.45, 2.75) is 25.2 Å². The van der Waals surface area contributed by atoms with E-state index in [1.165, 1.54) is 5.56 Å². The smallest absolute Gasteiger partial charge is 0.255 e. The molecule has 23 heavy (non-hydrogen) atoms. The van der Waals surface area contributed by atoms with Crippen LogP contribution in [0.5, 0.6) is 5.75 Å². The molecule has 4 nitrogen and oxygen atoms in total. The standard InChI is InChI=1S/C19H22N2O2/c1-23-18-9-7-15(8-10-18)17-5-2-3-12-21(14-17)19(22)16-6-4-11-20-13-16/h4,6-11,13,17H,2-3,5,12,14H2,1H3. The molecule has 0 radical (unpaired) electrons. The van der Waals surface area contributed by atoms with Gasteiger partial charge < -0.3 is 9.64 Å². The molecule has 2 aromatic rings. The normalized spacial score (nSPS) is 18.3. The van der Waals surface area contributed by atoms with Crippen LogP contribution in [0.15, 0.2) is 48.8 Å². The van der Waals surface area contributed by atoms with Crippen LogP contribution in [-0.2, 0) is 0 Å². The third-order valence-electron chi connectivity index (χ3n) is 4.45. The zero-order valence-corrected chi connectivity index (χ0v) is 13.4.